The molecule has 0 bridgehead atoms. The lowest BCUT2D eigenvalue weighted by Crippen LogP contribution is -2.33. The van der Waals surface area contributed by atoms with Crippen LogP contribution < -0.4 is 15.2 Å². The molecule has 1 aliphatic carbocycles. The maximum Gasteiger partial charge on any atom is 0.179 e. The minimum Gasteiger partial charge on any atom is -0.493 e. The number of hydrogen-bond donors (Lipinski definition) is 1. The van der Waals surface area contributed by atoms with Crippen molar-refractivity contribution in [3.63, 3.8) is 0 Å². The zero-order valence-corrected chi connectivity index (χ0v) is 10.6. The Morgan fingerprint density at radius 3 is 2.89 bits per heavy atom. The Balaban J connectivity index is 2.19. The molecule has 0 heterocycles. The number of nitriles is 1. The molecule has 0 spiro atoms. The first-order valence-corrected chi connectivity index (χ1v) is 6.24. The fourth-order valence-electron chi connectivity index (χ4n) is 2.34. The first kappa shape index (κ1) is 12.7. The van der Waals surface area contributed by atoms with Crippen molar-refractivity contribution in [1.82, 2.24) is 0 Å². The Labute approximate surface area is 107 Å². The van der Waals surface area contributed by atoms with Gasteiger partial charge in [0.05, 0.1) is 12.7 Å². The molecule has 1 aliphatic rings. The minimum absolute atomic E-state index is 0.0807. The van der Waals surface area contributed by atoms with Crippen LogP contribution in [0.1, 0.15) is 31.2 Å². The summed E-state index contributed by atoms with van der Waals surface area (Å²) in [5.41, 5.74) is 6.45. The lowest BCUT2D eigenvalue weighted by molar-refractivity contribution is 0.139. The van der Waals surface area contributed by atoms with Crippen LogP contribution in [0, 0.1) is 11.3 Å². The van der Waals surface area contributed by atoms with Crippen molar-refractivity contribution in [2.75, 3.05) is 7.11 Å². The maximum absolute atomic E-state index is 9.11. The lowest BCUT2D eigenvalue weighted by Gasteiger charge is -2.28. The predicted molar refractivity (Wildman–Crippen MR) is 68.6 cm³/mol. The zero-order chi connectivity index (χ0) is 13.0. The molecule has 0 aliphatic heterocycles. The second kappa shape index (κ2) is 5.74. The highest BCUT2D eigenvalue weighted by Gasteiger charge is 2.23. The average molecular weight is 246 g/mol. The third-order valence-corrected chi connectivity index (χ3v) is 3.27. The molecule has 2 atom stereocenters. The quantitative estimate of drug-likeness (QED) is 0.887. The van der Waals surface area contributed by atoms with Crippen LogP contribution in [0.2, 0.25) is 0 Å². The summed E-state index contributed by atoms with van der Waals surface area (Å²) >= 11 is 0. The number of rotatable bonds is 3. The van der Waals surface area contributed by atoms with Crippen LogP contribution in [-0.4, -0.2) is 19.3 Å². The van der Waals surface area contributed by atoms with Gasteiger partial charge in [-0.3, -0.25) is 0 Å². The van der Waals surface area contributed by atoms with Gasteiger partial charge in [-0.15, -0.1) is 0 Å². The predicted octanol–water partition coefficient (Wildman–Crippen LogP) is 2.22. The van der Waals surface area contributed by atoms with Gasteiger partial charge in [-0.1, -0.05) is 6.07 Å². The van der Waals surface area contributed by atoms with E-state index in [1.807, 2.05) is 0 Å². The number of hydrogen-bond acceptors (Lipinski definition) is 4. The topological polar surface area (TPSA) is 68.3 Å². The van der Waals surface area contributed by atoms with Crippen molar-refractivity contribution >= 4 is 0 Å². The van der Waals surface area contributed by atoms with Crippen LogP contribution in [0.3, 0.4) is 0 Å². The average Bonchev–Trinajstić information content (AvgIpc) is 2.39. The summed E-state index contributed by atoms with van der Waals surface area (Å²) in [6.07, 6.45) is 4.02. The van der Waals surface area contributed by atoms with E-state index in [-0.39, 0.29) is 12.1 Å². The van der Waals surface area contributed by atoms with E-state index in [2.05, 4.69) is 6.07 Å². The van der Waals surface area contributed by atoms with Crippen LogP contribution >= 0.6 is 0 Å². The highest BCUT2D eigenvalue weighted by Crippen LogP contribution is 2.33. The normalized spacial score (nSPS) is 23.2. The van der Waals surface area contributed by atoms with Gasteiger partial charge < -0.3 is 15.2 Å². The first-order chi connectivity index (χ1) is 8.74. The highest BCUT2D eigenvalue weighted by atomic mass is 16.5. The van der Waals surface area contributed by atoms with E-state index in [0.717, 1.165) is 25.7 Å². The molecule has 2 unspecified atom stereocenters. The molecule has 2 rings (SSSR count). The van der Waals surface area contributed by atoms with Crippen molar-refractivity contribution in [3.8, 4) is 17.6 Å². The Hall–Kier alpha value is -1.73. The summed E-state index contributed by atoms with van der Waals surface area (Å²) in [6.45, 7) is 0. The van der Waals surface area contributed by atoms with E-state index in [0.29, 0.717) is 17.1 Å². The number of methoxy groups -OCH3 is 1. The number of nitrogens with zero attached hydrogens (tertiary/aromatic N) is 1. The molecular formula is C14H18N2O2. The summed E-state index contributed by atoms with van der Waals surface area (Å²) < 4.78 is 11.2. The molecule has 1 aromatic rings. The molecule has 4 heteroatoms. The molecular weight excluding hydrogens is 228 g/mol. The van der Waals surface area contributed by atoms with Gasteiger partial charge >= 0.3 is 0 Å². The van der Waals surface area contributed by atoms with Gasteiger partial charge in [-0.25, -0.2) is 0 Å². The van der Waals surface area contributed by atoms with Crippen molar-refractivity contribution in [2.24, 2.45) is 5.73 Å². The van der Waals surface area contributed by atoms with Gasteiger partial charge in [-0.2, -0.15) is 5.26 Å². The van der Waals surface area contributed by atoms with E-state index >= 15 is 0 Å². The molecule has 1 aromatic carbocycles. The van der Waals surface area contributed by atoms with Gasteiger partial charge in [0.15, 0.2) is 11.5 Å². The largest absolute Gasteiger partial charge is 0.493 e. The Morgan fingerprint density at radius 2 is 2.22 bits per heavy atom. The second-order valence-corrected chi connectivity index (χ2v) is 4.62. The second-order valence-electron chi connectivity index (χ2n) is 4.62. The molecule has 0 amide bonds. The molecule has 2 N–H and O–H groups in total. The summed E-state index contributed by atoms with van der Waals surface area (Å²) in [5.74, 6) is 1.15. The third-order valence-electron chi connectivity index (χ3n) is 3.27. The van der Waals surface area contributed by atoms with E-state index < -0.39 is 0 Å². The standard InChI is InChI=1S/C14H18N2O2/c1-17-13-7-2-4-10(9-15)14(13)18-12-6-3-5-11(16)8-12/h2,4,7,11-12H,3,5-6,8,16H2,1H3. The molecule has 1 saturated carbocycles. The number of nitrogens with two attached hydrogens (primary N) is 1. The molecule has 4 nitrogen and oxygen atoms in total. The molecule has 0 saturated heterocycles. The zero-order valence-electron chi connectivity index (χ0n) is 10.6. The highest BCUT2D eigenvalue weighted by molar-refractivity contribution is 5.52. The molecule has 18 heavy (non-hydrogen) atoms. The summed E-state index contributed by atoms with van der Waals surface area (Å²) in [7, 11) is 1.58. The van der Waals surface area contributed by atoms with Crippen molar-refractivity contribution in [1.29, 1.82) is 5.26 Å². The number of ether oxygens (including phenoxy) is 2. The summed E-state index contributed by atoms with van der Waals surface area (Å²) in [5, 5.41) is 9.11. The Kier molecular flexibility index (Phi) is 4.06. The fourth-order valence-corrected chi connectivity index (χ4v) is 2.34. The maximum atomic E-state index is 9.11. The molecule has 0 aromatic heterocycles. The Bertz CT molecular complexity index is 454. The van der Waals surface area contributed by atoms with Gasteiger partial charge in [0.2, 0.25) is 0 Å². The minimum atomic E-state index is 0.0807. The van der Waals surface area contributed by atoms with Gasteiger partial charge in [0, 0.05) is 6.04 Å². The molecule has 96 valence electrons. The lowest BCUT2D eigenvalue weighted by atomic mass is 9.93. The van der Waals surface area contributed by atoms with Gasteiger partial charge in [-0.05, 0) is 37.8 Å². The SMILES string of the molecule is COc1cccc(C#N)c1OC1CCCC(N)C1. The Morgan fingerprint density at radius 1 is 1.39 bits per heavy atom. The first-order valence-electron chi connectivity index (χ1n) is 6.24. The van der Waals surface area contributed by atoms with Crippen molar-refractivity contribution in [2.45, 2.75) is 37.8 Å². The van der Waals surface area contributed by atoms with E-state index in [9.17, 15) is 0 Å². The molecule has 1 fully saturated rings. The van der Waals surface area contributed by atoms with Crippen LogP contribution in [0.5, 0.6) is 11.5 Å². The van der Waals surface area contributed by atoms with Gasteiger partial charge in [0.25, 0.3) is 0 Å². The monoisotopic (exact) mass is 246 g/mol. The molecule has 0 radical (unpaired) electrons. The number of benzene rings is 1. The summed E-state index contributed by atoms with van der Waals surface area (Å²) in [4.78, 5) is 0. The number of para-hydroxylation sites is 1. The van der Waals surface area contributed by atoms with Gasteiger partial charge in [0.1, 0.15) is 12.2 Å². The van der Waals surface area contributed by atoms with Crippen LogP contribution in [0.4, 0.5) is 0 Å². The summed E-state index contributed by atoms with van der Waals surface area (Å²) in [6, 6.07) is 7.66. The van der Waals surface area contributed by atoms with Crippen LogP contribution in [-0.2, 0) is 0 Å². The van der Waals surface area contributed by atoms with Crippen molar-refractivity contribution in [3.05, 3.63) is 23.8 Å². The van der Waals surface area contributed by atoms with Crippen molar-refractivity contribution < 1.29 is 9.47 Å². The van der Waals surface area contributed by atoms with Crippen LogP contribution in [0.15, 0.2) is 18.2 Å². The van der Waals surface area contributed by atoms with Crippen LogP contribution in [0.25, 0.3) is 0 Å². The smallest absolute Gasteiger partial charge is 0.179 e. The van der Waals surface area contributed by atoms with E-state index in [4.69, 9.17) is 20.5 Å². The van der Waals surface area contributed by atoms with E-state index in [1.165, 1.54) is 0 Å². The fraction of sp³-hybridized carbons (Fsp3) is 0.500. The van der Waals surface area contributed by atoms with E-state index in [1.54, 1.807) is 25.3 Å². The third kappa shape index (κ3) is 2.74.